The van der Waals surface area contributed by atoms with Gasteiger partial charge in [-0.1, -0.05) is 13.3 Å². The number of hydrogen-bond donors (Lipinski definition) is 2. The van der Waals surface area contributed by atoms with Gasteiger partial charge in [0.1, 0.15) is 5.69 Å². The van der Waals surface area contributed by atoms with Crippen LogP contribution in [0.15, 0.2) is 18.3 Å². The number of pyridine rings is 1. The Balaban J connectivity index is 2.63. The van der Waals surface area contributed by atoms with E-state index < -0.39 is 5.97 Å². The van der Waals surface area contributed by atoms with Gasteiger partial charge in [0.2, 0.25) is 0 Å². The summed E-state index contributed by atoms with van der Waals surface area (Å²) in [5.41, 5.74) is 0.427. The van der Waals surface area contributed by atoms with Crippen LogP contribution in [0.25, 0.3) is 0 Å². The molecule has 0 fully saturated rings. The van der Waals surface area contributed by atoms with Gasteiger partial charge in [0.05, 0.1) is 11.9 Å². The molecule has 0 aliphatic heterocycles. The number of carbonyl (C=O) groups excluding carboxylic acids is 1. The van der Waals surface area contributed by atoms with Crippen LogP contribution in [0.5, 0.6) is 0 Å². The molecule has 1 atom stereocenters. The molecule has 0 aliphatic rings. The van der Waals surface area contributed by atoms with Crippen LogP contribution in [-0.4, -0.2) is 40.1 Å². The van der Waals surface area contributed by atoms with Gasteiger partial charge in [0.15, 0.2) is 0 Å². The number of carboxylic acids is 1. The van der Waals surface area contributed by atoms with Crippen LogP contribution < -0.4 is 5.32 Å². The molecule has 1 unspecified atom stereocenters. The monoisotopic (exact) mass is 265 g/mol. The Morgan fingerprint density at radius 1 is 1.47 bits per heavy atom. The van der Waals surface area contributed by atoms with E-state index in [4.69, 9.17) is 5.11 Å². The van der Waals surface area contributed by atoms with Crippen LogP contribution in [0.4, 0.5) is 10.5 Å². The van der Waals surface area contributed by atoms with Gasteiger partial charge < -0.3 is 15.3 Å². The first-order valence-corrected chi connectivity index (χ1v) is 6.18. The molecule has 0 saturated carbocycles. The number of nitrogens with one attached hydrogen (secondary N) is 1. The van der Waals surface area contributed by atoms with E-state index in [-0.39, 0.29) is 17.8 Å². The van der Waals surface area contributed by atoms with Gasteiger partial charge in [0, 0.05) is 13.1 Å². The van der Waals surface area contributed by atoms with Crippen molar-refractivity contribution in [3.8, 4) is 0 Å². The molecule has 0 bridgehead atoms. The zero-order chi connectivity index (χ0) is 14.4. The SMILES string of the molecule is CCCC(C)N(C)C(=O)Nc1ccc(C(=O)O)nc1. The summed E-state index contributed by atoms with van der Waals surface area (Å²) in [4.78, 5) is 27.9. The van der Waals surface area contributed by atoms with Crippen molar-refractivity contribution in [2.24, 2.45) is 0 Å². The molecular weight excluding hydrogens is 246 g/mol. The summed E-state index contributed by atoms with van der Waals surface area (Å²) in [6, 6.07) is 2.79. The van der Waals surface area contributed by atoms with E-state index in [2.05, 4.69) is 17.2 Å². The summed E-state index contributed by atoms with van der Waals surface area (Å²) < 4.78 is 0. The maximum absolute atomic E-state index is 11.9. The highest BCUT2D eigenvalue weighted by Crippen LogP contribution is 2.10. The molecule has 0 spiro atoms. The third-order valence-electron chi connectivity index (χ3n) is 2.92. The van der Waals surface area contributed by atoms with Gasteiger partial charge in [-0.15, -0.1) is 0 Å². The van der Waals surface area contributed by atoms with Gasteiger partial charge >= 0.3 is 12.0 Å². The first-order chi connectivity index (χ1) is 8.95. The average molecular weight is 265 g/mol. The largest absolute Gasteiger partial charge is 0.477 e. The second kappa shape index (κ2) is 6.72. The van der Waals surface area contributed by atoms with Crippen LogP contribution in [-0.2, 0) is 0 Å². The third kappa shape index (κ3) is 4.24. The van der Waals surface area contributed by atoms with E-state index in [9.17, 15) is 9.59 Å². The Bertz CT molecular complexity index is 445. The highest BCUT2D eigenvalue weighted by atomic mass is 16.4. The molecular formula is C13H19N3O3. The molecule has 1 aromatic heterocycles. The predicted octanol–water partition coefficient (Wildman–Crippen LogP) is 2.43. The smallest absolute Gasteiger partial charge is 0.354 e. The average Bonchev–Trinajstić information content (AvgIpc) is 2.38. The number of rotatable bonds is 5. The van der Waals surface area contributed by atoms with Crippen molar-refractivity contribution in [1.29, 1.82) is 0 Å². The number of anilines is 1. The van der Waals surface area contributed by atoms with E-state index in [1.807, 2.05) is 6.92 Å². The van der Waals surface area contributed by atoms with E-state index in [0.717, 1.165) is 12.8 Å². The number of aromatic nitrogens is 1. The lowest BCUT2D eigenvalue weighted by molar-refractivity contribution is 0.0690. The van der Waals surface area contributed by atoms with Crippen LogP contribution >= 0.6 is 0 Å². The molecule has 0 aliphatic carbocycles. The molecule has 19 heavy (non-hydrogen) atoms. The molecule has 1 aromatic rings. The van der Waals surface area contributed by atoms with Gasteiger partial charge in [-0.05, 0) is 25.5 Å². The van der Waals surface area contributed by atoms with Crippen molar-refractivity contribution in [3.05, 3.63) is 24.0 Å². The second-order valence-electron chi connectivity index (χ2n) is 4.42. The zero-order valence-electron chi connectivity index (χ0n) is 11.4. The van der Waals surface area contributed by atoms with Crippen molar-refractivity contribution in [3.63, 3.8) is 0 Å². The number of amides is 2. The van der Waals surface area contributed by atoms with Crippen LogP contribution in [0.3, 0.4) is 0 Å². The first kappa shape index (κ1) is 14.9. The summed E-state index contributed by atoms with van der Waals surface area (Å²) in [6.45, 7) is 4.05. The Hall–Kier alpha value is -2.11. The van der Waals surface area contributed by atoms with Crippen LogP contribution in [0.1, 0.15) is 37.2 Å². The zero-order valence-corrected chi connectivity index (χ0v) is 11.4. The molecule has 0 saturated heterocycles. The first-order valence-electron chi connectivity index (χ1n) is 6.18. The van der Waals surface area contributed by atoms with Crippen molar-refractivity contribution in [1.82, 2.24) is 9.88 Å². The molecule has 2 N–H and O–H groups in total. The maximum Gasteiger partial charge on any atom is 0.354 e. The summed E-state index contributed by atoms with van der Waals surface area (Å²) in [5, 5.41) is 11.4. The second-order valence-corrected chi connectivity index (χ2v) is 4.42. The standard InChI is InChI=1S/C13H19N3O3/c1-4-5-9(2)16(3)13(19)15-10-6-7-11(12(17)18)14-8-10/h6-9H,4-5H2,1-3H3,(H,15,19)(H,17,18). The lowest BCUT2D eigenvalue weighted by Crippen LogP contribution is -2.38. The number of carboxylic acid groups (broad SMARTS) is 1. The summed E-state index contributed by atoms with van der Waals surface area (Å²) in [5.74, 6) is -1.09. The molecule has 1 heterocycles. The lowest BCUT2D eigenvalue weighted by Gasteiger charge is -2.24. The predicted molar refractivity (Wildman–Crippen MR) is 72.3 cm³/mol. The van der Waals surface area contributed by atoms with Crippen LogP contribution in [0.2, 0.25) is 0 Å². The quantitative estimate of drug-likeness (QED) is 0.856. The Labute approximate surface area is 112 Å². The lowest BCUT2D eigenvalue weighted by atomic mass is 10.2. The van der Waals surface area contributed by atoms with Crippen molar-refractivity contribution in [2.75, 3.05) is 12.4 Å². The molecule has 1 rings (SSSR count). The molecule has 6 nitrogen and oxygen atoms in total. The maximum atomic E-state index is 11.9. The topological polar surface area (TPSA) is 82.5 Å². The molecule has 104 valence electrons. The van der Waals surface area contributed by atoms with E-state index in [1.165, 1.54) is 18.3 Å². The van der Waals surface area contributed by atoms with Crippen molar-refractivity contribution in [2.45, 2.75) is 32.7 Å². The third-order valence-corrected chi connectivity index (χ3v) is 2.92. The summed E-state index contributed by atoms with van der Waals surface area (Å²) >= 11 is 0. The van der Waals surface area contributed by atoms with Gasteiger partial charge in [-0.2, -0.15) is 0 Å². The summed E-state index contributed by atoms with van der Waals surface area (Å²) in [6.07, 6.45) is 3.27. The fourth-order valence-corrected chi connectivity index (χ4v) is 1.62. The minimum atomic E-state index is -1.09. The Morgan fingerprint density at radius 3 is 2.63 bits per heavy atom. The number of urea groups is 1. The number of carbonyl (C=O) groups is 2. The highest BCUT2D eigenvalue weighted by molar-refractivity contribution is 5.90. The van der Waals surface area contributed by atoms with Gasteiger partial charge in [0.25, 0.3) is 0 Å². The molecule has 2 amide bonds. The Morgan fingerprint density at radius 2 is 2.16 bits per heavy atom. The number of hydrogen-bond acceptors (Lipinski definition) is 3. The number of aromatic carboxylic acids is 1. The van der Waals surface area contributed by atoms with E-state index in [0.29, 0.717) is 5.69 Å². The fourth-order valence-electron chi connectivity index (χ4n) is 1.62. The Kier molecular flexibility index (Phi) is 5.29. The number of nitrogens with zero attached hydrogens (tertiary/aromatic N) is 2. The van der Waals surface area contributed by atoms with Crippen LogP contribution in [0, 0.1) is 0 Å². The highest BCUT2D eigenvalue weighted by Gasteiger charge is 2.15. The van der Waals surface area contributed by atoms with Crippen molar-refractivity contribution < 1.29 is 14.7 Å². The normalized spacial score (nSPS) is 11.7. The molecule has 0 aromatic carbocycles. The van der Waals surface area contributed by atoms with Gasteiger partial charge in [-0.25, -0.2) is 14.6 Å². The van der Waals surface area contributed by atoms with E-state index >= 15 is 0 Å². The van der Waals surface area contributed by atoms with Crippen molar-refractivity contribution >= 4 is 17.7 Å². The molecule has 0 radical (unpaired) electrons. The summed E-state index contributed by atoms with van der Waals surface area (Å²) in [7, 11) is 1.73. The fraction of sp³-hybridized carbons (Fsp3) is 0.462. The van der Waals surface area contributed by atoms with Gasteiger partial charge in [-0.3, -0.25) is 0 Å². The van der Waals surface area contributed by atoms with E-state index in [1.54, 1.807) is 11.9 Å². The molecule has 6 heteroatoms. The minimum absolute atomic E-state index is 0.0503. The minimum Gasteiger partial charge on any atom is -0.477 e.